The Morgan fingerprint density at radius 1 is 1.04 bits per heavy atom. The van der Waals surface area contributed by atoms with Crippen LogP contribution in [0.15, 0.2) is 53.3 Å². The number of aromatic amines is 1. The second-order valence-corrected chi connectivity index (χ2v) is 13.2. The third-order valence-corrected chi connectivity index (χ3v) is 9.99. The summed E-state index contributed by atoms with van der Waals surface area (Å²) < 4.78 is 17.3. The van der Waals surface area contributed by atoms with E-state index in [0.29, 0.717) is 60.9 Å². The molecule has 11 heteroatoms. The minimum Gasteiger partial charge on any atom is -0.493 e. The van der Waals surface area contributed by atoms with Crippen LogP contribution in [0.1, 0.15) is 48.2 Å². The fraction of sp³-hybridized carbons (Fsp3) is 0.378. The molecule has 1 aliphatic heterocycles. The molecule has 1 aromatic heterocycles. The normalized spacial score (nSPS) is 15.8. The summed E-state index contributed by atoms with van der Waals surface area (Å²) in [6.07, 6.45) is 4.47. The average Bonchev–Trinajstić information content (AvgIpc) is 3.31. The Kier molecular flexibility index (Phi) is 9.86. The van der Waals surface area contributed by atoms with Crippen molar-refractivity contribution >= 4 is 40.2 Å². The van der Waals surface area contributed by atoms with Crippen molar-refractivity contribution in [2.24, 2.45) is 0 Å². The number of aromatic nitrogens is 1. The number of nitrogens with one attached hydrogen (secondary N) is 3. The molecule has 0 bridgehead atoms. The number of anilines is 1. The van der Waals surface area contributed by atoms with Crippen LogP contribution in [0.3, 0.4) is 0 Å². The number of fused-ring (bicyclic) bond motifs is 6. The Bertz CT molecular complexity index is 1920. The lowest BCUT2D eigenvalue weighted by Crippen LogP contribution is -2.45. The summed E-state index contributed by atoms with van der Waals surface area (Å²) in [4.78, 5) is 46.0. The largest absolute Gasteiger partial charge is 0.493 e. The smallest absolute Gasteiger partial charge is 0.245 e. The molecular formula is C37H42N4O6S. The zero-order chi connectivity index (χ0) is 33.9. The molecule has 6 rings (SSSR count). The van der Waals surface area contributed by atoms with Crippen LogP contribution in [0.25, 0.3) is 22.0 Å². The molecular weight excluding hydrogens is 628 g/mol. The first-order valence-corrected chi connectivity index (χ1v) is 17.6. The lowest BCUT2D eigenvalue weighted by Gasteiger charge is -2.31. The first kappa shape index (κ1) is 33.3. The molecule has 4 aromatic rings. The van der Waals surface area contributed by atoms with Crippen LogP contribution >= 0.6 is 11.8 Å². The molecule has 1 aliphatic carbocycles. The summed E-state index contributed by atoms with van der Waals surface area (Å²) in [6.45, 7) is 2.58. The third-order valence-electron chi connectivity index (χ3n) is 9.35. The summed E-state index contributed by atoms with van der Waals surface area (Å²) in [5.74, 6) is 1.98. The highest BCUT2D eigenvalue weighted by Gasteiger charge is 2.32. The molecule has 2 heterocycles. The number of hydrogen-bond donors (Lipinski definition) is 3. The second kappa shape index (κ2) is 14.2. The Balaban J connectivity index is 1.40. The number of benzene rings is 2. The van der Waals surface area contributed by atoms with Crippen LogP contribution in [-0.4, -0.2) is 67.6 Å². The SMILES string of the molecule is COc1cc2c(c(OC)c1OC)-c1ccc(N[C@H](CCSC)C(=O)N3CCc4[nH]c5ccccc5c4C3)c(=O)cc1[C@H](NC(C)=O)CC2. The first-order valence-electron chi connectivity index (χ1n) is 16.2. The van der Waals surface area contributed by atoms with E-state index in [1.54, 1.807) is 45.2 Å². The lowest BCUT2D eigenvalue weighted by molar-refractivity contribution is -0.133. The molecule has 0 saturated carbocycles. The molecule has 0 spiro atoms. The van der Waals surface area contributed by atoms with Gasteiger partial charge in [-0.3, -0.25) is 14.4 Å². The Morgan fingerprint density at radius 3 is 2.56 bits per heavy atom. The number of carbonyl (C=O) groups is 2. The van der Waals surface area contributed by atoms with E-state index in [9.17, 15) is 14.4 Å². The molecule has 3 aromatic carbocycles. The highest BCUT2D eigenvalue weighted by Crippen LogP contribution is 2.50. The van der Waals surface area contributed by atoms with Crippen molar-refractivity contribution in [2.45, 2.75) is 51.2 Å². The molecule has 0 unspecified atom stereocenters. The maximum Gasteiger partial charge on any atom is 0.245 e. The fourth-order valence-electron chi connectivity index (χ4n) is 7.08. The highest BCUT2D eigenvalue weighted by molar-refractivity contribution is 7.98. The first-order chi connectivity index (χ1) is 23.3. The van der Waals surface area contributed by atoms with E-state index >= 15 is 0 Å². The number of ether oxygens (including phenoxy) is 3. The number of methoxy groups -OCH3 is 3. The van der Waals surface area contributed by atoms with Gasteiger partial charge in [-0.05, 0) is 72.2 Å². The number of H-pyrrole nitrogens is 1. The average molecular weight is 671 g/mol. The number of carbonyl (C=O) groups excluding carboxylic acids is 2. The van der Waals surface area contributed by atoms with Gasteiger partial charge in [-0.15, -0.1) is 0 Å². The van der Waals surface area contributed by atoms with Crippen molar-refractivity contribution in [3.8, 4) is 28.4 Å². The molecule has 2 aliphatic rings. The van der Waals surface area contributed by atoms with Crippen LogP contribution in [0.2, 0.25) is 0 Å². The van der Waals surface area contributed by atoms with Gasteiger partial charge in [-0.25, -0.2) is 0 Å². The Morgan fingerprint density at radius 2 is 1.83 bits per heavy atom. The van der Waals surface area contributed by atoms with E-state index in [2.05, 4.69) is 27.8 Å². The van der Waals surface area contributed by atoms with Crippen molar-refractivity contribution in [2.75, 3.05) is 45.2 Å². The number of para-hydroxylation sites is 1. The number of rotatable bonds is 10. The number of thioether (sulfide) groups is 1. The fourth-order valence-corrected chi connectivity index (χ4v) is 7.55. The zero-order valence-corrected chi connectivity index (χ0v) is 28.8. The van der Waals surface area contributed by atoms with Gasteiger partial charge in [0.1, 0.15) is 6.04 Å². The molecule has 0 saturated heterocycles. The van der Waals surface area contributed by atoms with Crippen molar-refractivity contribution in [1.29, 1.82) is 0 Å². The molecule has 252 valence electrons. The van der Waals surface area contributed by atoms with Crippen LogP contribution in [0.5, 0.6) is 17.2 Å². The van der Waals surface area contributed by atoms with Gasteiger partial charge < -0.3 is 34.7 Å². The van der Waals surface area contributed by atoms with E-state index in [1.165, 1.54) is 12.6 Å². The van der Waals surface area contributed by atoms with Crippen molar-refractivity contribution in [3.05, 3.63) is 81.1 Å². The van der Waals surface area contributed by atoms with Crippen LogP contribution in [0, 0.1) is 0 Å². The van der Waals surface area contributed by atoms with Gasteiger partial charge in [0, 0.05) is 54.2 Å². The number of amides is 2. The maximum absolute atomic E-state index is 14.2. The van der Waals surface area contributed by atoms with E-state index in [-0.39, 0.29) is 17.2 Å². The topological polar surface area (TPSA) is 122 Å². The summed E-state index contributed by atoms with van der Waals surface area (Å²) in [6, 6.07) is 14.3. The molecule has 10 nitrogen and oxygen atoms in total. The minimum absolute atomic E-state index is 0.0348. The minimum atomic E-state index is -0.601. The van der Waals surface area contributed by atoms with Gasteiger partial charge in [-0.1, -0.05) is 24.3 Å². The summed E-state index contributed by atoms with van der Waals surface area (Å²) in [5, 5.41) is 7.54. The Hall–Kier alpha value is -4.64. The van der Waals surface area contributed by atoms with Crippen molar-refractivity contribution in [3.63, 3.8) is 0 Å². The molecule has 3 N–H and O–H groups in total. The number of aryl methyl sites for hydroxylation is 1. The quantitative estimate of drug-likeness (QED) is 0.203. The standard InChI is InChI=1S/C37H42N4O6S/c1-21(42)38-28-12-10-22-18-33(45-2)35(46-3)36(47-4)34(22)24-11-13-30(32(43)19-25(24)28)40-31(15-17-48-5)37(44)41-16-14-29-26(20-41)23-8-6-7-9-27(23)39-29/h6-9,11,13,18-19,28,31,39H,10,12,14-17,20H2,1-5H3,(H,38,42)(H,40,43)/t28-,31-/m1/s1. The third kappa shape index (κ3) is 6.31. The second-order valence-electron chi connectivity index (χ2n) is 12.2. The summed E-state index contributed by atoms with van der Waals surface area (Å²) >= 11 is 1.66. The monoisotopic (exact) mass is 670 g/mol. The van der Waals surface area contributed by atoms with Gasteiger partial charge in [0.2, 0.25) is 23.0 Å². The maximum atomic E-state index is 14.2. The van der Waals surface area contributed by atoms with Gasteiger partial charge >= 0.3 is 0 Å². The molecule has 0 fully saturated rings. The van der Waals surface area contributed by atoms with Gasteiger partial charge in [-0.2, -0.15) is 11.8 Å². The van der Waals surface area contributed by atoms with Crippen LogP contribution in [-0.2, 0) is 29.0 Å². The van der Waals surface area contributed by atoms with E-state index in [0.717, 1.165) is 45.3 Å². The Labute approximate surface area is 284 Å². The van der Waals surface area contributed by atoms with Crippen LogP contribution < -0.4 is 30.3 Å². The van der Waals surface area contributed by atoms with Gasteiger partial charge in [0.15, 0.2) is 11.5 Å². The van der Waals surface area contributed by atoms with Gasteiger partial charge in [0.05, 0.1) is 33.1 Å². The summed E-state index contributed by atoms with van der Waals surface area (Å²) in [5.41, 5.74) is 6.57. The molecule has 0 radical (unpaired) electrons. The van der Waals surface area contributed by atoms with Crippen molar-refractivity contribution < 1.29 is 23.8 Å². The van der Waals surface area contributed by atoms with Crippen LogP contribution in [0.4, 0.5) is 5.69 Å². The number of hydrogen-bond acceptors (Lipinski definition) is 8. The van der Waals surface area contributed by atoms with E-state index < -0.39 is 12.1 Å². The van der Waals surface area contributed by atoms with E-state index in [1.807, 2.05) is 35.4 Å². The molecule has 2 amide bonds. The van der Waals surface area contributed by atoms with Crippen molar-refractivity contribution in [1.82, 2.24) is 15.2 Å². The highest BCUT2D eigenvalue weighted by atomic mass is 32.2. The van der Waals surface area contributed by atoms with E-state index in [4.69, 9.17) is 14.2 Å². The lowest BCUT2D eigenvalue weighted by atomic mass is 9.95. The molecule has 48 heavy (non-hydrogen) atoms. The summed E-state index contributed by atoms with van der Waals surface area (Å²) in [7, 11) is 4.71. The molecule has 2 atom stereocenters. The predicted molar refractivity (Wildman–Crippen MR) is 191 cm³/mol. The zero-order valence-electron chi connectivity index (χ0n) is 28.0. The predicted octanol–water partition coefficient (Wildman–Crippen LogP) is 5.46. The number of nitrogens with zero attached hydrogens (tertiary/aromatic N) is 1. The van der Waals surface area contributed by atoms with Gasteiger partial charge in [0.25, 0.3) is 0 Å².